The van der Waals surface area contributed by atoms with E-state index in [-0.39, 0.29) is 12.4 Å². The Bertz CT molecular complexity index is 1000. The number of hydrogen-bond acceptors (Lipinski definition) is 6. The second-order valence-corrected chi connectivity index (χ2v) is 6.52. The summed E-state index contributed by atoms with van der Waals surface area (Å²) in [6.45, 7) is 1.18. The smallest absolute Gasteiger partial charge is 0.343 e. The van der Waals surface area contributed by atoms with Crippen molar-refractivity contribution in [1.82, 2.24) is 10.6 Å². The lowest BCUT2D eigenvalue weighted by Crippen LogP contribution is -2.44. The number of benzene rings is 2. The molecule has 0 radical (unpaired) electrons. The summed E-state index contributed by atoms with van der Waals surface area (Å²) in [4.78, 5) is 36.2. The molecule has 0 spiro atoms. The van der Waals surface area contributed by atoms with E-state index in [1.165, 1.54) is 21.1 Å². The second kappa shape index (κ2) is 9.13. The standard InChI is InChI=1S/C22H22N2O6/c1-13(25)19-20(14-7-5-4-6-8-14)23-22(27)24-21(19)15-9-10-16(17(11-15)28-2)30-12-18(26)29-3/h4-11,21H,12H2,1-3H3,(H2,23,24,27)/t21-/m0/s1. The molecule has 1 atom stereocenters. The number of nitrogens with one attached hydrogen (secondary N) is 2. The molecule has 1 aliphatic rings. The van der Waals surface area contributed by atoms with E-state index in [9.17, 15) is 14.4 Å². The summed E-state index contributed by atoms with van der Waals surface area (Å²) in [5.41, 5.74) is 2.24. The van der Waals surface area contributed by atoms with Crippen LogP contribution in [-0.2, 0) is 14.3 Å². The third-order valence-corrected chi connectivity index (χ3v) is 4.61. The van der Waals surface area contributed by atoms with Crippen molar-refractivity contribution in [2.45, 2.75) is 13.0 Å². The van der Waals surface area contributed by atoms with Crippen LogP contribution >= 0.6 is 0 Å². The minimum Gasteiger partial charge on any atom is -0.493 e. The highest BCUT2D eigenvalue weighted by Crippen LogP contribution is 2.36. The van der Waals surface area contributed by atoms with Crippen LogP contribution in [0.1, 0.15) is 24.1 Å². The minimum atomic E-state index is -0.685. The van der Waals surface area contributed by atoms with Gasteiger partial charge >= 0.3 is 12.0 Å². The lowest BCUT2D eigenvalue weighted by Gasteiger charge is -2.30. The molecule has 0 bridgehead atoms. The molecule has 0 aromatic heterocycles. The molecule has 30 heavy (non-hydrogen) atoms. The van der Waals surface area contributed by atoms with Crippen LogP contribution in [0.2, 0.25) is 0 Å². The van der Waals surface area contributed by atoms with Crippen LogP contribution in [-0.4, -0.2) is 38.6 Å². The van der Waals surface area contributed by atoms with Gasteiger partial charge in [-0.15, -0.1) is 0 Å². The molecule has 3 rings (SSSR count). The number of rotatable bonds is 7. The van der Waals surface area contributed by atoms with E-state index >= 15 is 0 Å². The first kappa shape index (κ1) is 20.9. The normalized spacial score (nSPS) is 15.7. The van der Waals surface area contributed by atoms with Crippen molar-refractivity contribution in [3.05, 3.63) is 65.2 Å². The number of hydrogen-bond donors (Lipinski definition) is 2. The zero-order chi connectivity index (χ0) is 21.7. The maximum atomic E-state index is 12.5. The largest absolute Gasteiger partial charge is 0.493 e. The topological polar surface area (TPSA) is 103 Å². The number of urea groups is 1. The van der Waals surface area contributed by atoms with Crippen molar-refractivity contribution >= 4 is 23.5 Å². The maximum absolute atomic E-state index is 12.5. The molecule has 1 aliphatic heterocycles. The van der Waals surface area contributed by atoms with Crippen LogP contribution < -0.4 is 20.1 Å². The molecule has 8 nitrogen and oxygen atoms in total. The molecule has 2 aromatic carbocycles. The number of carbonyl (C=O) groups is 3. The number of methoxy groups -OCH3 is 2. The molecule has 0 unspecified atom stereocenters. The summed E-state index contributed by atoms with van der Waals surface area (Å²) in [6, 6.07) is 13.0. The first-order valence-electron chi connectivity index (χ1n) is 9.20. The Balaban J connectivity index is 2.03. The molecule has 0 saturated carbocycles. The van der Waals surface area contributed by atoms with Crippen molar-refractivity contribution in [2.75, 3.05) is 20.8 Å². The Kier molecular flexibility index (Phi) is 6.36. The van der Waals surface area contributed by atoms with Crippen LogP contribution in [0.15, 0.2) is 54.1 Å². The van der Waals surface area contributed by atoms with Gasteiger partial charge in [0.05, 0.1) is 26.0 Å². The molecule has 1 heterocycles. The van der Waals surface area contributed by atoms with Gasteiger partial charge in [0.2, 0.25) is 0 Å². The molecule has 2 aromatic rings. The molecular formula is C22H22N2O6. The van der Waals surface area contributed by atoms with E-state index in [4.69, 9.17) is 9.47 Å². The quantitative estimate of drug-likeness (QED) is 0.680. The fourth-order valence-corrected chi connectivity index (χ4v) is 3.20. The lowest BCUT2D eigenvalue weighted by molar-refractivity contribution is -0.142. The summed E-state index contributed by atoms with van der Waals surface area (Å²) in [6.07, 6.45) is 0. The average Bonchev–Trinajstić information content (AvgIpc) is 2.77. The monoisotopic (exact) mass is 410 g/mol. The van der Waals surface area contributed by atoms with Crippen LogP contribution in [0.3, 0.4) is 0 Å². The summed E-state index contributed by atoms with van der Waals surface area (Å²) in [5, 5.41) is 5.54. The number of esters is 1. The van der Waals surface area contributed by atoms with Gasteiger partial charge in [-0.2, -0.15) is 0 Å². The van der Waals surface area contributed by atoms with E-state index in [0.29, 0.717) is 28.3 Å². The molecule has 0 aliphatic carbocycles. The van der Waals surface area contributed by atoms with Gasteiger partial charge in [0.15, 0.2) is 23.9 Å². The second-order valence-electron chi connectivity index (χ2n) is 6.52. The third kappa shape index (κ3) is 4.43. The molecule has 2 amide bonds. The van der Waals surface area contributed by atoms with Crippen LogP contribution in [0, 0.1) is 0 Å². The molecule has 156 valence electrons. The zero-order valence-electron chi connectivity index (χ0n) is 16.9. The molecular weight excluding hydrogens is 388 g/mol. The number of ether oxygens (including phenoxy) is 3. The first-order valence-corrected chi connectivity index (χ1v) is 9.20. The lowest BCUT2D eigenvalue weighted by atomic mass is 9.90. The van der Waals surface area contributed by atoms with Crippen molar-refractivity contribution < 1.29 is 28.6 Å². The van der Waals surface area contributed by atoms with E-state index in [1.807, 2.05) is 30.3 Å². The number of carbonyl (C=O) groups excluding carboxylic acids is 3. The van der Waals surface area contributed by atoms with Gasteiger partial charge in [-0.1, -0.05) is 36.4 Å². The Morgan fingerprint density at radius 1 is 1.03 bits per heavy atom. The Morgan fingerprint density at radius 3 is 2.40 bits per heavy atom. The zero-order valence-corrected chi connectivity index (χ0v) is 16.9. The van der Waals surface area contributed by atoms with Gasteiger partial charge in [-0.3, -0.25) is 4.79 Å². The summed E-state index contributed by atoms with van der Waals surface area (Å²) in [7, 11) is 2.73. The van der Waals surface area contributed by atoms with Crippen molar-refractivity contribution in [1.29, 1.82) is 0 Å². The van der Waals surface area contributed by atoms with Gasteiger partial charge in [0, 0.05) is 5.57 Å². The highest BCUT2D eigenvalue weighted by molar-refractivity contribution is 6.06. The molecule has 8 heteroatoms. The first-order chi connectivity index (χ1) is 14.4. The van der Waals surface area contributed by atoms with Gasteiger partial charge in [0.1, 0.15) is 0 Å². The average molecular weight is 410 g/mol. The van der Waals surface area contributed by atoms with Gasteiger partial charge in [-0.25, -0.2) is 9.59 Å². The predicted octanol–water partition coefficient (Wildman–Crippen LogP) is 2.60. The Labute approximate surface area is 173 Å². The van der Waals surface area contributed by atoms with Gasteiger partial charge in [-0.05, 0) is 30.2 Å². The third-order valence-electron chi connectivity index (χ3n) is 4.61. The van der Waals surface area contributed by atoms with Crippen LogP contribution in [0.4, 0.5) is 4.79 Å². The molecule has 2 N–H and O–H groups in total. The highest BCUT2D eigenvalue weighted by atomic mass is 16.6. The summed E-state index contributed by atoms with van der Waals surface area (Å²) >= 11 is 0. The predicted molar refractivity (Wildman–Crippen MR) is 109 cm³/mol. The molecule has 0 saturated heterocycles. The number of amides is 2. The summed E-state index contributed by atoms with van der Waals surface area (Å²) < 4.78 is 15.4. The van der Waals surface area contributed by atoms with E-state index in [1.54, 1.807) is 18.2 Å². The van der Waals surface area contributed by atoms with E-state index in [0.717, 1.165) is 5.56 Å². The minimum absolute atomic E-state index is 0.184. The fourth-order valence-electron chi connectivity index (χ4n) is 3.20. The van der Waals surface area contributed by atoms with Crippen LogP contribution in [0.5, 0.6) is 11.5 Å². The summed E-state index contributed by atoms with van der Waals surface area (Å²) in [5.74, 6) is -0.0192. The Morgan fingerprint density at radius 2 is 1.77 bits per heavy atom. The number of ketones is 1. The van der Waals surface area contributed by atoms with Crippen molar-refractivity contribution in [2.24, 2.45) is 0 Å². The van der Waals surface area contributed by atoms with E-state index < -0.39 is 18.0 Å². The fraction of sp³-hybridized carbons (Fsp3) is 0.227. The number of Topliss-reactive ketones (excluding diaryl/α,β-unsaturated/α-hetero) is 1. The highest BCUT2D eigenvalue weighted by Gasteiger charge is 2.32. The van der Waals surface area contributed by atoms with Gasteiger partial charge in [0.25, 0.3) is 0 Å². The van der Waals surface area contributed by atoms with Crippen LogP contribution in [0.25, 0.3) is 5.70 Å². The van der Waals surface area contributed by atoms with E-state index in [2.05, 4.69) is 15.4 Å². The SMILES string of the molecule is COC(=O)COc1ccc([C@@H]2NC(=O)NC(c3ccccc3)=C2C(C)=O)cc1OC. The molecule has 0 fully saturated rings. The van der Waals surface area contributed by atoms with Gasteiger partial charge < -0.3 is 24.8 Å². The maximum Gasteiger partial charge on any atom is 0.343 e. The van der Waals surface area contributed by atoms with Crippen molar-refractivity contribution in [3.8, 4) is 11.5 Å². The Hall–Kier alpha value is -3.81. The van der Waals surface area contributed by atoms with Crippen molar-refractivity contribution in [3.63, 3.8) is 0 Å².